The molecular weight excluding hydrogens is 219 g/mol. The quantitative estimate of drug-likeness (QED) is 0.827. The van der Waals surface area contributed by atoms with Crippen LogP contribution in [0.1, 0.15) is 12.7 Å². The highest BCUT2D eigenvalue weighted by Crippen LogP contribution is 2.21. The molecule has 2 N–H and O–H groups in total. The maximum Gasteiger partial charge on any atom is 0.127 e. The first kappa shape index (κ1) is 11.5. The fourth-order valence-corrected chi connectivity index (χ4v) is 1.76. The summed E-state index contributed by atoms with van der Waals surface area (Å²) in [5, 5.41) is 0. The molecule has 3 nitrogen and oxygen atoms in total. The topological polar surface area (TPSA) is 42.4 Å². The molecule has 0 fully saturated rings. The normalized spacial score (nSPS) is 10.5. The Kier molecular flexibility index (Phi) is 3.32. The molecule has 0 bridgehead atoms. The van der Waals surface area contributed by atoms with Crippen LogP contribution in [0.15, 0.2) is 41.0 Å². The molecule has 0 unspecified atom stereocenters. The Bertz CT molecular complexity index is 462. The van der Waals surface area contributed by atoms with Crippen LogP contribution in [-0.4, -0.2) is 6.54 Å². The van der Waals surface area contributed by atoms with E-state index in [1.165, 1.54) is 12.1 Å². The number of hydrogen-bond acceptors (Lipinski definition) is 3. The van der Waals surface area contributed by atoms with Gasteiger partial charge in [0.1, 0.15) is 11.6 Å². The first-order valence-electron chi connectivity index (χ1n) is 5.52. The summed E-state index contributed by atoms with van der Waals surface area (Å²) < 4.78 is 18.6. The second-order valence-corrected chi connectivity index (χ2v) is 3.84. The van der Waals surface area contributed by atoms with Crippen molar-refractivity contribution in [1.82, 2.24) is 0 Å². The minimum atomic E-state index is -0.321. The standard InChI is InChI=1S/C13H15FN2O/c1-2-16(9-13-4-3-5-17-13)12-7-10(14)6-11(15)8-12/h3-8H,2,9,15H2,1H3. The number of rotatable bonds is 4. The molecule has 4 heteroatoms. The average Bonchev–Trinajstić information content (AvgIpc) is 2.77. The summed E-state index contributed by atoms with van der Waals surface area (Å²) in [7, 11) is 0. The van der Waals surface area contributed by atoms with E-state index in [1.807, 2.05) is 24.0 Å². The van der Waals surface area contributed by atoms with Gasteiger partial charge >= 0.3 is 0 Å². The van der Waals surface area contributed by atoms with Crippen LogP contribution in [0.3, 0.4) is 0 Å². The maximum atomic E-state index is 13.3. The van der Waals surface area contributed by atoms with Crippen LogP contribution in [0.2, 0.25) is 0 Å². The molecule has 0 amide bonds. The number of nitrogens with zero attached hydrogens (tertiary/aromatic N) is 1. The van der Waals surface area contributed by atoms with Crippen molar-refractivity contribution in [3.63, 3.8) is 0 Å². The number of nitrogens with two attached hydrogens (primary N) is 1. The van der Waals surface area contributed by atoms with E-state index in [4.69, 9.17) is 10.2 Å². The van der Waals surface area contributed by atoms with Crippen molar-refractivity contribution in [2.45, 2.75) is 13.5 Å². The van der Waals surface area contributed by atoms with E-state index >= 15 is 0 Å². The summed E-state index contributed by atoms with van der Waals surface area (Å²) >= 11 is 0. The maximum absolute atomic E-state index is 13.3. The van der Waals surface area contributed by atoms with Crippen molar-refractivity contribution >= 4 is 11.4 Å². The highest BCUT2D eigenvalue weighted by atomic mass is 19.1. The Hall–Kier alpha value is -1.97. The van der Waals surface area contributed by atoms with Gasteiger partial charge in [-0.2, -0.15) is 0 Å². The molecule has 2 aromatic rings. The second kappa shape index (κ2) is 4.91. The molecule has 0 spiro atoms. The van der Waals surface area contributed by atoms with Gasteiger partial charge in [0, 0.05) is 17.9 Å². The third kappa shape index (κ3) is 2.78. The summed E-state index contributed by atoms with van der Waals surface area (Å²) in [6, 6.07) is 8.27. The molecule has 90 valence electrons. The molecule has 0 saturated carbocycles. The Labute approximate surface area is 99.6 Å². The number of nitrogen functional groups attached to an aromatic ring is 1. The smallest absolute Gasteiger partial charge is 0.127 e. The largest absolute Gasteiger partial charge is 0.467 e. The van der Waals surface area contributed by atoms with E-state index in [-0.39, 0.29) is 5.82 Å². The van der Waals surface area contributed by atoms with E-state index < -0.39 is 0 Å². The monoisotopic (exact) mass is 234 g/mol. The fourth-order valence-electron chi connectivity index (χ4n) is 1.76. The van der Waals surface area contributed by atoms with E-state index in [1.54, 1.807) is 12.3 Å². The number of hydrogen-bond donors (Lipinski definition) is 1. The summed E-state index contributed by atoms with van der Waals surface area (Å²) in [6.45, 7) is 3.36. The van der Waals surface area contributed by atoms with Crippen molar-refractivity contribution in [2.75, 3.05) is 17.2 Å². The van der Waals surface area contributed by atoms with E-state index in [0.717, 1.165) is 18.0 Å². The van der Waals surface area contributed by atoms with Gasteiger partial charge in [-0.3, -0.25) is 0 Å². The van der Waals surface area contributed by atoms with Crippen LogP contribution in [-0.2, 0) is 6.54 Å². The van der Waals surface area contributed by atoms with Gasteiger partial charge in [0.05, 0.1) is 12.8 Å². The van der Waals surface area contributed by atoms with E-state index in [9.17, 15) is 4.39 Å². The van der Waals surface area contributed by atoms with Crippen LogP contribution in [0.4, 0.5) is 15.8 Å². The summed E-state index contributed by atoms with van der Waals surface area (Å²) in [5.41, 5.74) is 6.83. The van der Waals surface area contributed by atoms with E-state index in [0.29, 0.717) is 12.2 Å². The number of furan rings is 1. The molecule has 0 aliphatic heterocycles. The molecule has 0 radical (unpaired) electrons. The van der Waals surface area contributed by atoms with Crippen molar-refractivity contribution < 1.29 is 8.81 Å². The first-order chi connectivity index (χ1) is 8.19. The molecule has 0 aliphatic rings. The van der Waals surface area contributed by atoms with Crippen molar-refractivity contribution in [3.05, 3.63) is 48.2 Å². The number of anilines is 2. The Morgan fingerprint density at radius 3 is 2.76 bits per heavy atom. The average molecular weight is 234 g/mol. The molecule has 1 aromatic heterocycles. The predicted octanol–water partition coefficient (Wildman–Crippen LogP) is 3.03. The van der Waals surface area contributed by atoms with Crippen LogP contribution in [0.25, 0.3) is 0 Å². The molecule has 1 aromatic carbocycles. The SMILES string of the molecule is CCN(Cc1ccco1)c1cc(N)cc(F)c1. The zero-order chi connectivity index (χ0) is 12.3. The Morgan fingerprint density at radius 1 is 1.35 bits per heavy atom. The second-order valence-electron chi connectivity index (χ2n) is 3.84. The van der Waals surface area contributed by atoms with Gasteiger partial charge in [-0.25, -0.2) is 4.39 Å². The minimum Gasteiger partial charge on any atom is -0.467 e. The lowest BCUT2D eigenvalue weighted by Crippen LogP contribution is -2.21. The van der Waals surface area contributed by atoms with Gasteiger partial charge < -0.3 is 15.1 Å². The Morgan fingerprint density at radius 2 is 2.18 bits per heavy atom. The number of benzene rings is 1. The molecule has 2 rings (SSSR count). The van der Waals surface area contributed by atoms with Crippen LogP contribution in [0.5, 0.6) is 0 Å². The Balaban J connectivity index is 2.22. The number of halogens is 1. The van der Waals surface area contributed by atoms with Crippen LogP contribution in [0, 0.1) is 5.82 Å². The lowest BCUT2D eigenvalue weighted by atomic mass is 10.2. The molecule has 17 heavy (non-hydrogen) atoms. The third-order valence-electron chi connectivity index (χ3n) is 2.58. The van der Waals surface area contributed by atoms with Gasteiger partial charge in [0.2, 0.25) is 0 Å². The summed E-state index contributed by atoms with van der Waals surface area (Å²) in [5.74, 6) is 0.521. The van der Waals surface area contributed by atoms with Gasteiger partial charge in [-0.15, -0.1) is 0 Å². The highest BCUT2D eigenvalue weighted by Gasteiger charge is 2.09. The predicted molar refractivity (Wildman–Crippen MR) is 66.2 cm³/mol. The molecule has 0 saturated heterocycles. The van der Waals surface area contributed by atoms with Gasteiger partial charge in [0.15, 0.2) is 0 Å². The van der Waals surface area contributed by atoms with Crippen molar-refractivity contribution in [3.8, 4) is 0 Å². The lowest BCUT2D eigenvalue weighted by Gasteiger charge is -2.22. The molecule has 0 aliphatic carbocycles. The summed E-state index contributed by atoms with van der Waals surface area (Å²) in [6.07, 6.45) is 1.63. The zero-order valence-corrected chi connectivity index (χ0v) is 9.69. The van der Waals surface area contributed by atoms with Gasteiger partial charge in [0.25, 0.3) is 0 Å². The van der Waals surface area contributed by atoms with Gasteiger partial charge in [-0.1, -0.05) is 0 Å². The molecule has 1 heterocycles. The van der Waals surface area contributed by atoms with E-state index in [2.05, 4.69) is 0 Å². The van der Waals surface area contributed by atoms with Crippen LogP contribution >= 0.6 is 0 Å². The highest BCUT2D eigenvalue weighted by molar-refractivity contribution is 5.56. The minimum absolute atomic E-state index is 0.321. The zero-order valence-electron chi connectivity index (χ0n) is 9.69. The van der Waals surface area contributed by atoms with Crippen molar-refractivity contribution in [1.29, 1.82) is 0 Å². The first-order valence-corrected chi connectivity index (χ1v) is 5.52. The molecule has 0 atom stereocenters. The lowest BCUT2D eigenvalue weighted by molar-refractivity contribution is 0.503. The van der Waals surface area contributed by atoms with Gasteiger partial charge in [-0.05, 0) is 37.3 Å². The summed E-state index contributed by atoms with van der Waals surface area (Å²) in [4.78, 5) is 2.00. The van der Waals surface area contributed by atoms with Crippen molar-refractivity contribution in [2.24, 2.45) is 0 Å². The molecular formula is C13H15FN2O. The fraction of sp³-hybridized carbons (Fsp3) is 0.231. The third-order valence-corrected chi connectivity index (χ3v) is 2.58. The van der Waals surface area contributed by atoms with Crippen LogP contribution < -0.4 is 10.6 Å².